The lowest BCUT2D eigenvalue weighted by molar-refractivity contribution is -0.142. The van der Waals surface area contributed by atoms with Gasteiger partial charge >= 0.3 is 12.6 Å². The summed E-state index contributed by atoms with van der Waals surface area (Å²) in [6.45, 7) is 0.643. The minimum atomic E-state index is -3.04. The average Bonchev–Trinajstić information content (AvgIpc) is 2.42. The highest BCUT2D eigenvalue weighted by molar-refractivity contribution is 5.97. The quantitative estimate of drug-likeness (QED) is 0.773. The number of hydrogen-bond donors (Lipinski definition) is 2. The van der Waals surface area contributed by atoms with Crippen LogP contribution in [0.1, 0.15) is 30.6 Å². The minimum Gasteiger partial charge on any atom is -0.481 e. The van der Waals surface area contributed by atoms with E-state index in [4.69, 9.17) is 5.11 Å². The van der Waals surface area contributed by atoms with Crippen molar-refractivity contribution in [2.24, 2.45) is 11.8 Å². The number of carbonyl (C=O) groups excluding carboxylic acids is 1. The van der Waals surface area contributed by atoms with Gasteiger partial charge in [0.1, 0.15) is 5.75 Å². The molecule has 0 spiro atoms. The van der Waals surface area contributed by atoms with Crippen molar-refractivity contribution in [3.05, 3.63) is 29.8 Å². The summed E-state index contributed by atoms with van der Waals surface area (Å²) in [6.07, 6.45) is 0.408. The topological polar surface area (TPSA) is 75.6 Å². The number of amides is 1. The number of hydrogen-bond acceptors (Lipinski definition) is 3. The van der Waals surface area contributed by atoms with Crippen LogP contribution in [0.25, 0.3) is 0 Å². The van der Waals surface area contributed by atoms with E-state index in [-0.39, 0.29) is 23.8 Å². The number of alkyl halides is 2. The van der Waals surface area contributed by atoms with Gasteiger partial charge in [0.25, 0.3) is 5.91 Å². The molecule has 0 bridgehead atoms. The van der Waals surface area contributed by atoms with Crippen LogP contribution in [0.4, 0.5) is 8.78 Å². The minimum absolute atomic E-state index is 0.0588. The smallest absolute Gasteiger partial charge is 0.387 e. The lowest BCUT2D eigenvalue weighted by Crippen LogP contribution is -2.34. The predicted molar refractivity (Wildman–Crippen MR) is 76.0 cm³/mol. The summed E-state index contributed by atoms with van der Waals surface area (Å²) in [5.74, 6) is -2.47. The molecule has 0 aliphatic heterocycles. The number of aliphatic carboxylic acids is 1. The van der Waals surface area contributed by atoms with Crippen LogP contribution in [0.5, 0.6) is 5.75 Å². The summed E-state index contributed by atoms with van der Waals surface area (Å²) < 4.78 is 28.9. The molecule has 0 radical (unpaired) electrons. The third-order valence-electron chi connectivity index (χ3n) is 2.96. The SMILES string of the molecule is CC(C)CC(CNC(=O)c1ccccc1OC(F)F)C(=O)O. The summed E-state index contributed by atoms with van der Waals surface area (Å²) in [6, 6.07) is 5.57. The second-order valence-corrected chi connectivity index (χ2v) is 5.25. The van der Waals surface area contributed by atoms with E-state index in [1.165, 1.54) is 24.3 Å². The predicted octanol–water partition coefficient (Wildman–Crippen LogP) is 2.76. The summed E-state index contributed by atoms with van der Waals surface area (Å²) in [5.41, 5.74) is -0.0588. The van der Waals surface area contributed by atoms with E-state index in [1.54, 1.807) is 0 Å². The molecule has 1 unspecified atom stereocenters. The van der Waals surface area contributed by atoms with Gasteiger partial charge in [-0.25, -0.2) is 0 Å². The maximum atomic E-state index is 12.3. The molecule has 5 nitrogen and oxygen atoms in total. The summed E-state index contributed by atoms with van der Waals surface area (Å²) in [4.78, 5) is 23.2. The number of benzene rings is 1. The third kappa shape index (κ3) is 5.67. The van der Waals surface area contributed by atoms with Crippen LogP contribution >= 0.6 is 0 Å². The Balaban J connectivity index is 2.74. The van der Waals surface area contributed by atoms with Gasteiger partial charge in [0.15, 0.2) is 0 Å². The van der Waals surface area contributed by atoms with Crippen LogP contribution in [-0.2, 0) is 4.79 Å². The van der Waals surface area contributed by atoms with Gasteiger partial charge in [0.05, 0.1) is 11.5 Å². The largest absolute Gasteiger partial charge is 0.481 e. The number of ether oxygens (including phenoxy) is 1. The van der Waals surface area contributed by atoms with E-state index < -0.39 is 24.4 Å². The lowest BCUT2D eigenvalue weighted by Gasteiger charge is -2.16. The highest BCUT2D eigenvalue weighted by Crippen LogP contribution is 2.20. The number of carbonyl (C=O) groups is 2. The molecule has 7 heteroatoms. The number of halogens is 2. The van der Waals surface area contributed by atoms with Gasteiger partial charge in [0, 0.05) is 6.54 Å². The Morgan fingerprint density at radius 3 is 2.45 bits per heavy atom. The molecule has 0 heterocycles. The molecule has 122 valence electrons. The molecule has 1 atom stereocenters. The van der Waals surface area contributed by atoms with Crippen molar-refractivity contribution in [2.45, 2.75) is 26.9 Å². The zero-order valence-corrected chi connectivity index (χ0v) is 12.4. The van der Waals surface area contributed by atoms with Crippen LogP contribution in [0.15, 0.2) is 24.3 Å². The molecule has 1 amide bonds. The van der Waals surface area contributed by atoms with Gasteiger partial charge < -0.3 is 15.2 Å². The zero-order valence-electron chi connectivity index (χ0n) is 12.4. The number of carboxylic acid groups (broad SMARTS) is 1. The molecule has 22 heavy (non-hydrogen) atoms. The molecule has 0 aliphatic carbocycles. The first kappa shape index (κ1) is 17.9. The molecule has 0 fully saturated rings. The Kier molecular flexibility index (Phi) is 6.75. The fourth-order valence-electron chi connectivity index (χ4n) is 2.00. The van der Waals surface area contributed by atoms with Gasteiger partial charge in [0.2, 0.25) is 0 Å². The Labute approximate surface area is 127 Å². The Bertz CT molecular complexity index is 520. The van der Waals surface area contributed by atoms with E-state index in [1.807, 2.05) is 13.8 Å². The first-order valence-corrected chi connectivity index (χ1v) is 6.86. The van der Waals surface area contributed by atoms with Gasteiger partial charge in [-0.15, -0.1) is 0 Å². The van der Waals surface area contributed by atoms with Crippen LogP contribution in [0.2, 0.25) is 0 Å². The van der Waals surface area contributed by atoms with E-state index in [0.29, 0.717) is 6.42 Å². The highest BCUT2D eigenvalue weighted by Gasteiger charge is 2.21. The van der Waals surface area contributed by atoms with Gasteiger partial charge in [-0.05, 0) is 24.5 Å². The van der Waals surface area contributed by atoms with Crippen LogP contribution in [-0.4, -0.2) is 30.1 Å². The van der Waals surface area contributed by atoms with Crippen molar-refractivity contribution in [1.82, 2.24) is 5.32 Å². The molecule has 1 aromatic carbocycles. The Hall–Kier alpha value is -2.18. The number of nitrogens with one attached hydrogen (secondary N) is 1. The van der Waals surface area contributed by atoms with Crippen molar-refractivity contribution in [3.8, 4) is 5.75 Å². The molecule has 0 saturated carbocycles. The zero-order chi connectivity index (χ0) is 16.7. The van der Waals surface area contributed by atoms with Crippen molar-refractivity contribution >= 4 is 11.9 Å². The third-order valence-corrected chi connectivity index (χ3v) is 2.96. The van der Waals surface area contributed by atoms with E-state index >= 15 is 0 Å². The first-order valence-electron chi connectivity index (χ1n) is 6.86. The second-order valence-electron chi connectivity index (χ2n) is 5.25. The highest BCUT2D eigenvalue weighted by atomic mass is 19.3. The van der Waals surface area contributed by atoms with Crippen molar-refractivity contribution in [2.75, 3.05) is 6.54 Å². The summed E-state index contributed by atoms with van der Waals surface area (Å²) >= 11 is 0. The van der Waals surface area contributed by atoms with Gasteiger partial charge in [-0.3, -0.25) is 9.59 Å². The molecule has 0 aromatic heterocycles. The summed E-state index contributed by atoms with van der Waals surface area (Å²) in [5, 5.41) is 11.6. The molecule has 0 aliphatic rings. The molecule has 1 rings (SSSR count). The molecular weight excluding hydrogens is 296 g/mol. The molecule has 1 aromatic rings. The fraction of sp³-hybridized carbons (Fsp3) is 0.467. The van der Waals surface area contributed by atoms with Crippen molar-refractivity contribution < 1.29 is 28.2 Å². The Morgan fingerprint density at radius 1 is 1.27 bits per heavy atom. The number of para-hydroxylation sites is 1. The van der Waals surface area contributed by atoms with Crippen molar-refractivity contribution in [1.29, 1.82) is 0 Å². The van der Waals surface area contributed by atoms with Crippen LogP contribution in [0.3, 0.4) is 0 Å². The second kappa shape index (κ2) is 8.31. The van der Waals surface area contributed by atoms with Crippen molar-refractivity contribution in [3.63, 3.8) is 0 Å². The number of rotatable bonds is 8. The monoisotopic (exact) mass is 315 g/mol. The Morgan fingerprint density at radius 2 is 1.91 bits per heavy atom. The fourth-order valence-corrected chi connectivity index (χ4v) is 2.00. The lowest BCUT2D eigenvalue weighted by atomic mass is 9.97. The maximum Gasteiger partial charge on any atom is 0.387 e. The summed E-state index contributed by atoms with van der Waals surface area (Å²) in [7, 11) is 0. The van der Waals surface area contributed by atoms with E-state index in [0.717, 1.165) is 0 Å². The maximum absolute atomic E-state index is 12.3. The molecule has 2 N–H and O–H groups in total. The van der Waals surface area contributed by atoms with E-state index in [9.17, 15) is 18.4 Å². The first-order chi connectivity index (χ1) is 10.3. The molecule has 0 saturated heterocycles. The van der Waals surface area contributed by atoms with Crippen LogP contribution < -0.4 is 10.1 Å². The van der Waals surface area contributed by atoms with Crippen LogP contribution in [0, 0.1) is 11.8 Å². The normalized spacial score (nSPS) is 12.3. The van der Waals surface area contributed by atoms with E-state index in [2.05, 4.69) is 10.1 Å². The standard InChI is InChI=1S/C15H19F2NO4/c1-9(2)7-10(14(20)21)8-18-13(19)11-5-3-4-6-12(11)22-15(16)17/h3-6,9-10,15H,7-8H2,1-2H3,(H,18,19)(H,20,21). The number of carboxylic acids is 1. The molecular formula is C15H19F2NO4. The van der Waals surface area contributed by atoms with Gasteiger partial charge in [-0.2, -0.15) is 8.78 Å². The average molecular weight is 315 g/mol. The van der Waals surface area contributed by atoms with Gasteiger partial charge in [-0.1, -0.05) is 26.0 Å².